The van der Waals surface area contributed by atoms with Crippen molar-refractivity contribution < 1.29 is 0 Å². The third kappa shape index (κ3) is 0.495. The van der Waals surface area contributed by atoms with Crippen LogP contribution >= 0.6 is 0 Å². The van der Waals surface area contributed by atoms with E-state index >= 15 is 0 Å². The Balaban J connectivity index is 2.92. The molecule has 0 aliphatic carbocycles. The van der Waals surface area contributed by atoms with Crippen molar-refractivity contribution in [2.24, 2.45) is 0 Å². The molecule has 2 aromatic heterocycles. The van der Waals surface area contributed by atoms with E-state index in [4.69, 9.17) is 5.73 Å². The molecule has 2 heterocycles. The number of hydrogen-bond acceptors (Lipinski definition) is 2. The summed E-state index contributed by atoms with van der Waals surface area (Å²) in [6.45, 7) is 0. The second-order valence-electron chi connectivity index (χ2n) is 1.85. The average Bonchev–Trinajstić information content (AvgIpc) is 2.22. The SMILES string of the molecule is Nc1nc2cccn2[nH]1. The predicted octanol–water partition coefficient (Wildman–Crippen LogP) is 0.245. The van der Waals surface area contributed by atoms with Gasteiger partial charge in [-0.3, -0.25) is 5.10 Å². The molecule has 0 atom stereocenters. The number of aromatic amines is 1. The van der Waals surface area contributed by atoms with E-state index in [9.17, 15) is 0 Å². The fourth-order valence-electron chi connectivity index (χ4n) is 0.829. The van der Waals surface area contributed by atoms with Crippen molar-refractivity contribution in [3.05, 3.63) is 18.3 Å². The molecule has 0 aromatic carbocycles. The molecule has 0 radical (unpaired) electrons. The Bertz CT molecular complexity index is 290. The van der Waals surface area contributed by atoms with E-state index in [2.05, 4.69) is 10.1 Å². The lowest BCUT2D eigenvalue weighted by Gasteiger charge is -1.77. The van der Waals surface area contributed by atoms with Gasteiger partial charge in [0, 0.05) is 6.20 Å². The van der Waals surface area contributed by atoms with E-state index in [-0.39, 0.29) is 0 Å². The van der Waals surface area contributed by atoms with Gasteiger partial charge in [-0.2, -0.15) is 4.98 Å². The number of nitrogens with one attached hydrogen (secondary N) is 1. The molecule has 0 amide bonds. The van der Waals surface area contributed by atoms with E-state index in [1.807, 2.05) is 18.3 Å². The Morgan fingerprint density at radius 1 is 1.67 bits per heavy atom. The highest BCUT2D eigenvalue weighted by atomic mass is 15.3. The minimum Gasteiger partial charge on any atom is -0.368 e. The Morgan fingerprint density at radius 2 is 2.56 bits per heavy atom. The third-order valence-electron chi connectivity index (χ3n) is 1.20. The van der Waals surface area contributed by atoms with Gasteiger partial charge >= 0.3 is 0 Å². The fourth-order valence-corrected chi connectivity index (χ4v) is 0.829. The second-order valence-corrected chi connectivity index (χ2v) is 1.85. The van der Waals surface area contributed by atoms with Crippen LogP contribution < -0.4 is 5.73 Å². The molecule has 2 aromatic rings. The van der Waals surface area contributed by atoms with Crippen LogP contribution in [0, 0.1) is 0 Å². The molecule has 0 aliphatic rings. The van der Waals surface area contributed by atoms with Crippen molar-refractivity contribution in [1.82, 2.24) is 14.6 Å². The van der Waals surface area contributed by atoms with Gasteiger partial charge < -0.3 is 5.73 Å². The molecule has 0 aliphatic heterocycles. The summed E-state index contributed by atoms with van der Waals surface area (Å²) in [6, 6.07) is 3.78. The van der Waals surface area contributed by atoms with Crippen LogP contribution in [0.5, 0.6) is 0 Å². The van der Waals surface area contributed by atoms with E-state index in [1.54, 1.807) is 4.52 Å². The lowest BCUT2D eigenvalue weighted by Crippen LogP contribution is -1.86. The highest BCUT2D eigenvalue weighted by Crippen LogP contribution is 2.00. The van der Waals surface area contributed by atoms with Crippen molar-refractivity contribution in [1.29, 1.82) is 0 Å². The molecule has 0 saturated carbocycles. The maximum Gasteiger partial charge on any atom is 0.214 e. The first-order chi connectivity index (χ1) is 4.36. The maximum absolute atomic E-state index is 5.35. The highest BCUT2D eigenvalue weighted by Gasteiger charge is 1.93. The lowest BCUT2D eigenvalue weighted by atomic mass is 10.6. The molecule has 0 unspecified atom stereocenters. The van der Waals surface area contributed by atoms with Gasteiger partial charge in [0.25, 0.3) is 0 Å². The number of aromatic nitrogens is 3. The van der Waals surface area contributed by atoms with E-state index in [0.717, 1.165) is 5.65 Å². The quantitative estimate of drug-likeness (QED) is 0.526. The Hall–Kier alpha value is -1.45. The van der Waals surface area contributed by atoms with Crippen molar-refractivity contribution in [2.45, 2.75) is 0 Å². The summed E-state index contributed by atoms with van der Waals surface area (Å²) in [5.74, 6) is 0.450. The summed E-state index contributed by atoms with van der Waals surface area (Å²) >= 11 is 0. The molecular weight excluding hydrogens is 116 g/mol. The smallest absolute Gasteiger partial charge is 0.214 e. The number of anilines is 1. The van der Waals surface area contributed by atoms with Crippen LogP contribution in [0.4, 0.5) is 5.95 Å². The van der Waals surface area contributed by atoms with Gasteiger partial charge in [-0.15, -0.1) is 0 Å². The maximum atomic E-state index is 5.35. The average molecular weight is 122 g/mol. The second kappa shape index (κ2) is 1.28. The van der Waals surface area contributed by atoms with Gasteiger partial charge in [0.05, 0.1) is 0 Å². The molecule has 4 nitrogen and oxygen atoms in total. The zero-order valence-electron chi connectivity index (χ0n) is 4.70. The molecule has 9 heavy (non-hydrogen) atoms. The first-order valence-corrected chi connectivity index (χ1v) is 2.65. The number of nitrogen functional groups attached to an aromatic ring is 1. The largest absolute Gasteiger partial charge is 0.368 e. The first-order valence-electron chi connectivity index (χ1n) is 2.65. The zero-order chi connectivity index (χ0) is 6.27. The number of hydrogen-bond donors (Lipinski definition) is 2. The Kier molecular flexibility index (Phi) is 0.631. The highest BCUT2D eigenvalue weighted by molar-refractivity contribution is 5.41. The minimum atomic E-state index is 0.450. The number of rotatable bonds is 0. The topological polar surface area (TPSA) is 59.1 Å². The number of fused-ring (bicyclic) bond motifs is 1. The Labute approximate surface area is 51.3 Å². The Morgan fingerprint density at radius 3 is 3.33 bits per heavy atom. The van der Waals surface area contributed by atoms with Crippen LogP contribution in [0.25, 0.3) is 5.65 Å². The molecule has 0 spiro atoms. The van der Waals surface area contributed by atoms with Crippen LogP contribution in [0.1, 0.15) is 0 Å². The van der Waals surface area contributed by atoms with Gasteiger partial charge in [0.15, 0.2) is 5.65 Å². The van der Waals surface area contributed by atoms with Crippen LogP contribution in [-0.2, 0) is 0 Å². The third-order valence-corrected chi connectivity index (χ3v) is 1.20. The molecule has 46 valence electrons. The number of nitrogens with two attached hydrogens (primary N) is 1. The fraction of sp³-hybridized carbons (Fsp3) is 0. The molecule has 2 rings (SSSR count). The van der Waals surface area contributed by atoms with E-state index < -0.39 is 0 Å². The van der Waals surface area contributed by atoms with Gasteiger partial charge in [-0.25, -0.2) is 4.52 Å². The van der Waals surface area contributed by atoms with Gasteiger partial charge in [-0.1, -0.05) is 0 Å². The van der Waals surface area contributed by atoms with Crippen LogP contribution in [-0.4, -0.2) is 14.6 Å². The van der Waals surface area contributed by atoms with Crippen molar-refractivity contribution >= 4 is 11.6 Å². The van der Waals surface area contributed by atoms with Crippen molar-refractivity contribution in [2.75, 3.05) is 5.73 Å². The summed E-state index contributed by atoms with van der Waals surface area (Å²) in [5.41, 5.74) is 6.20. The minimum absolute atomic E-state index is 0.450. The molecular formula is C5H6N4. The predicted molar refractivity (Wildman–Crippen MR) is 34.0 cm³/mol. The van der Waals surface area contributed by atoms with Gasteiger partial charge in [0.1, 0.15) is 0 Å². The van der Waals surface area contributed by atoms with Crippen LogP contribution in [0.3, 0.4) is 0 Å². The summed E-state index contributed by atoms with van der Waals surface area (Å²) in [4.78, 5) is 3.96. The summed E-state index contributed by atoms with van der Waals surface area (Å²) in [7, 11) is 0. The first kappa shape index (κ1) is 4.43. The van der Waals surface area contributed by atoms with E-state index in [0.29, 0.717) is 5.95 Å². The number of nitrogens with zero attached hydrogens (tertiary/aromatic N) is 2. The van der Waals surface area contributed by atoms with Gasteiger partial charge in [-0.05, 0) is 12.1 Å². The molecule has 3 N–H and O–H groups in total. The van der Waals surface area contributed by atoms with E-state index in [1.165, 1.54) is 0 Å². The molecule has 4 heteroatoms. The van der Waals surface area contributed by atoms with Crippen molar-refractivity contribution in [3.63, 3.8) is 0 Å². The summed E-state index contributed by atoms with van der Waals surface area (Å²) in [5, 5.41) is 2.82. The van der Waals surface area contributed by atoms with Crippen molar-refractivity contribution in [3.8, 4) is 0 Å². The summed E-state index contributed by atoms with van der Waals surface area (Å²) in [6.07, 6.45) is 1.86. The normalized spacial score (nSPS) is 10.7. The molecule has 0 saturated heterocycles. The molecule has 0 bridgehead atoms. The lowest BCUT2D eigenvalue weighted by molar-refractivity contribution is 0.984. The van der Waals surface area contributed by atoms with Gasteiger partial charge in [0.2, 0.25) is 5.95 Å². The summed E-state index contributed by atoms with van der Waals surface area (Å²) < 4.78 is 1.76. The van der Waals surface area contributed by atoms with Crippen LogP contribution in [0.2, 0.25) is 0 Å². The monoisotopic (exact) mass is 122 g/mol. The zero-order valence-corrected chi connectivity index (χ0v) is 4.70. The molecule has 0 fully saturated rings. The standard InChI is InChI=1S/C5H6N4/c6-5-7-4-2-1-3-9(4)8-5/h1-3H,(H3,6,7,8). The van der Waals surface area contributed by atoms with Crippen LogP contribution in [0.15, 0.2) is 18.3 Å². The number of H-pyrrole nitrogens is 1.